The number of halogens is 2. The highest BCUT2D eigenvalue weighted by Crippen LogP contribution is 2.33. The Kier molecular flexibility index (Phi) is 8.81. The number of alkyl halides is 2. The minimum Gasteiger partial charge on any atom is -0.343 e. The molecule has 2 saturated carbocycles. The van der Waals surface area contributed by atoms with Crippen LogP contribution in [-0.4, -0.2) is 11.1 Å². The van der Waals surface area contributed by atoms with Gasteiger partial charge in [0.05, 0.1) is 0 Å². The second-order valence-corrected chi connectivity index (χ2v) is 7.91. The fraction of sp³-hybridized carbons (Fsp3) is 1.00. The molecule has 0 aromatic heterocycles. The Balaban J connectivity index is 1.77. The summed E-state index contributed by atoms with van der Waals surface area (Å²) in [6, 6.07) is 0. The molecule has 0 N–H and O–H groups in total. The van der Waals surface area contributed by atoms with Crippen molar-refractivity contribution in [3.05, 3.63) is 0 Å². The molecule has 2 fully saturated rings. The van der Waals surface area contributed by atoms with E-state index in [-0.39, 0.29) is 11.1 Å². The zero-order valence-electron chi connectivity index (χ0n) is 13.4. The molecule has 2 aliphatic rings. The predicted octanol–water partition coefficient (Wildman–Crippen LogP) is 6.85. The monoisotopic (exact) mass is 334 g/mol. The third-order valence-electron chi connectivity index (χ3n) is 5.30. The van der Waals surface area contributed by atoms with Gasteiger partial charge in [-0.3, -0.25) is 0 Å². The van der Waals surface area contributed by atoms with Crippen molar-refractivity contribution in [3.63, 3.8) is 0 Å². The molecule has 2 aliphatic carbocycles. The normalized spacial score (nSPS) is 27.1. The molecule has 0 radical (unpaired) electrons. The molecule has 3 heteroatoms. The number of hydrogen-bond donors (Lipinski definition) is 0. The summed E-state index contributed by atoms with van der Waals surface area (Å²) in [6.45, 7) is 0. The first-order chi connectivity index (χ1) is 10.3. The SMILES string of the molecule is ClC(OC(Cl)C1CCCCCCC1)C1CCCCCCC1. The van der Waals surface area contributed by atoms with Gasteiger partial charge in [0.15, 0.2) is 0 Å². The molecule has 21 heavy (non-hydrogen) atoms. The van der Waals surface area contributed by atoms with E-state index in [0.717, 1.165) is 0 Å². The Morgan fingerprint density at radius 1 is 0.524 bits per heavy atom. The maximum Gasteiger partial charge on any atom is 0.136 e. The van der Waals surface area contributed by atoms with Gasteiger partial charge in [-0.25, -0.2) is 0 Å². The van der Waals surface area contributed by atoms with Gasteiger partial charge in [0.1, 0.15) is 11.1 Å². The lowest BCUT2D eigenvalue weighted by Crippen LogP contribution is -2.28. The van der Waals surface area contributed by atoms with Crippen LogP contribution in [0.2, 0.25) is 0 Å². The van der Waals surface area contributed by atoms with Crippen LogP contribution in [0.15, 0.2) is 0 Å². The second-order valence-electron chi connectivity index (χ2n) is 7.05. The van der Waals surface area contributed by atoms with Crippen LogP contribution < -0.4 is 0 Å². The molecule has 2 unspecified atom stereocenters. The zero-order valence-corrected chi connectivity index (χ0v) is 14.9. The predicted molar refractivity (Wildman–Crippen MR) is 92.0 cm³/mol. The van der Waals surface area contributed by atoms with E-state index in [4.69, 9.17) is 27.9 Å². The summed E-state index contributed by atoms with van der Waals surface area (Å²) in [7, 11) is 0. The Morgan fingerprint density at radius 3 is 1.14 bits per heavy atom. The minimum absolute atomic E-state index is 0.184. The lowest BCUT2D eigenvalue weighted by molar-refractivity contribution is 0.00496. The van der Waals surface area contributed by atoms with Crippen LogP contribution in [0.3, 0.4) is 0 Å². The standard InChI is InChI=1S/C18H32Cl2O/c19-17(15-11-7-3-1-4-8-12-15)21-18(20)16-13-9-5-2-6-10-14-16/h15-18H,1-14H2. The summed E-state index contributed by atoms with van der Waals surface area (Å²) in [4.78, 5) is 0. The van der Waals surface area contributed by atoms with Crippen LogP contribution in [0.25, 0.3) is 0 Å². The largest absolute Gasteiger partial charge is 0.343 e. The molecule has 0 bridgehead atoms. The molecular weight excluding hydrogens is 303 g/mol. The molecular formula is C18H32Cl2O. The summed E-state index contributed by atoms with van der Waals surface area (Å²) >= 11 is 13.1. The molecule has 1 nitrogen and oxygen atoms in total. The van der Waals surface area contributed by atoms with Crippen LogP contribution >= 0.6 is 23.2 Å². The summed E-state index contributed by atoms with van der Waals surface area (Å²) in [5.41, 5.74) is -0.368. The van der Waals surface area contributed by atoms with Gasteiger partial charge in [-0.05, 0) is 37.5 Å². The van der Waals surface area contributed by atoms with Crippen LogP contribution in [-0.2, 0) is 4.74 Å². The quantitative estimate of drug-likeness (QED) is 0.510. The maximum absolute atomic E-state index is 6.57. The lowest BCUT2D eigenvalue weighted by atomic mass is 9.90. The topological polar surface area (TPSA) is 9.23 Å². The number of rotatable bonds is 4. The van der Waals surface area contributed by atoms with E-state index < -0.39 is 0 Å². The van der Waals surface area contributed by atoms with Crippen LogP contribution in [0, 0.1) is 11.8 Å². The van der Waals surface area contributed by atoms with Gasteiger partial charge in [0.2, 0.25) is 0 Å². The first kappa shape index (κ1) is 17.9. The highest BCUT2D eigenvalue weighted by atomic mass is 35.5. The Morgan fingerprint density at radius 2 is 0.810 bits per heavy atom. The van der Waals surface area contributed by atoms with E-state index >= 15 is 0 Å². The van der Waals surface area contributed by atoms with Crippen LogP contribution in [0.4, 0.5) is 0 Å². The third-order valence-corrected chi connectivity index (χ3v) is 6.22. The van der Waals surface area contributed by atoms with E-state index in [9.17, 15) is 0 Å². The van der Waals surface area contributed by atoms with E-state index in [1.807, 2.05) is 0 Å². The average Bonchev–Trinajstić information content (AvgIpc) is 2.37. The molecule has 124 valence electrons. The highest BCUT2D eigenvalue weighted by molar-refractivity contribution is 6.22. The molecule has 0 saturated heterocycles. The summed E-state index contributed by atoms with van der Waals surface area (Å²) in [6.07, 6.45) is 18.2. The van der Waals surface area contributed by atoms with Crippen molar-refractivity contribution >= 4 is 23.2 Å². The van der Waals surface area contributed by atoms with E-state index in [1.165, 1.54) is 89.9 Å². The molecule has 0 heterocycles. The van der Waals surface area contributed by atoms with Gasteiger partial charge in [0.25, 0.3) is 0 Å². The van der Waals surface area contributed by atoms with Crippen molar-refractivity contribution < 1.29 is 4.74 Å². The van der Waals surface area contributed by atoms with E-state index in [1.54, 1.807) is 0 Å². The van der Waals surface area contributed by atoms with Crippen molar-refractivity contribution in [2.24, 2.45) is 11.8 Å². The molecule has 0 amide bonds. The molecule has 0 aromatic rings. The fourth-order valence-corrected chi connectivity index (χ4v) is 4.62. The molecule has 0 aromatic carbocycles. The zero-order chi connectivity index (χ0) is 14.9. The van der Waals surface area contributed by atoms with Gasteiger partial charge in [-0.1, -0.05) is 87.4 Å². The summed E-state index contributed by atoms with van der Waals surface area (Å²) in [5.74, 6) is 1.00. The lowest BCUT2D eigenvalue weighted by Gasteiger charge is -2.30. The number of hydrogen-bond acceptors (Lipinski definition) is 1. The third kappa shape index (κ3) is 6.67. The van der Waals surface area contributed by atoms with Crippen molar-refractivity contribution in [2.75, 3.05) is 0 Å². The second kappa shape index (κ2) is 10.3. The summed E-state index contributed by atoms with van der Waals surface area (Å²) < 4.78 is 6.05. The van der Waals surface area contributed by atoms with Crippen molar-refractivity contribution in [3.8, 4) is 0 Å². The van der Waals surface area contributed by atoms with Crippen LogP contribution in [0.5, 0.6) is 0 Å². The van der Waals surface area contributed by atoms with E-state index in [2.05, 4.69) is 0 Å². The Hall–Kier alpha value is 0.540. The molecule has 2 atom stereocenters. The fourth-order valence-electron chi connectivity index (χ4n) is 3.85. The molecule has 0 aliphatic heterocycles. The Bertz CT molecular complexity index is 230. The average molecular weight is 335 g/mol. The Labute approximate surface area is 141 Å². The van der Waals surface area contributed by atoms with Gasteiger partial charge in [0, 0.05) is 0 Å². The van der Waals surface area contributed by atoms with Crippen molar-refractivity contribution in [1.82, 2.24) is 0 Å². The first-order valence-corrected chi connectivity index (χ1v) is 10.1. The highest BCUT2D eigenvalue weighted by Gasteiger charge is 2.27. The van der Waals surface area contributed by atoms with Gasteiger partial charge in [-0.2, -0.15) is 0 Å². The molecule has 0 spiro atoms. The van der Waals surface area contributed by atoms with Gasteiger partial charge in [-0.15, -0.1) is 0 Å². The number of ether oxygens (including phenoxy) is 1. The first-order valence-electron chi connectivity index (χ1n) is 9.21. The van der Waals surface area contributed by atoms with E-state index in [0.29, 0.717) is 11.8 Å². The van der Waals surface area contributed by atoms with Gasteiger partial charge >= 0.3 is 0 Å². The minimum atomic E-state index is -0.184. The van der Waals surface area contributed by atoms with Gasteiger partial charge < -0.3 is 4.74 Å². The smallest absolute Gasteiger partial charge is 0.136 e. The van der Waals surface area contributed by atoms with Crippen molar-refractivity contribution in [1.29, 1.82) is 0 Å². The van der Waals surface area contributed by atoms with Crippen LogP contribution in [0.1, 0.15) is 89.9 Å². The van der Waals surface area contributed by atoms with Crippen molar-refractivity contribution in [2.45, 2.75) is 101 Å². The summed E-state index contributed by atoms with van der Waals surface area (Å²) in [5, 5.41) is 0. The maximum atomic E-state index is 6.57. The molecule has 2 rings (SSSR count).